The van der Waals surface area contributed by atoms with E-state index in [9.17, 15) is 0 Å². The Hall–Kier alpha value is -2.82. The van der Waals surface area contributed by atoms with Gasteiger partial charge in [-0.2, -0.15) is 0 Å². The molecule has 0 aliphatic carbocycles. The number of H-pyrrole nitrogens is 2. The van der Waals surface area contributed by atoms with Crippen LogP contribution in [0.5, 0.6) is 0 Å². The predicted molar refractivity (Wildman–Crippen MR) is 120 cm³/mol. The monoisotopic (exact) mass is 394 g/mol. The molecule has 0 bridgehead atoms. The first kappa shape index (κ1) is 15.1. The second kappa shape index (κ2) is 5.37. The Labute approximate surface area is 169 Å². The van der Waals surface area contributed by atoms with E-state index in [1.165, 1.54) is 63.2 Å². The first-order chi connectivity index (χ1) is 13.9. The zero-order valence-electron chi connectivity index (χ0n) is 14.7. The van der Waals surface area contributed by atoms with E-state index >= 15 is 0 Å². The van der Waals surface area contributed by atoms with Gasteiger partial charge in [0.15, 0.2) is 0 Å². The van der Waals surface area contributed by atoms with Gasteiger partial charge in [-0.05, 0) is 36.4 Å². The van der Waals surface area contributed by atoms with Gasteiger partial charge in [0.05, 0.1) is 0 Å². The second-order valence-electron chi connectivity index (χ2n) is 7.18. The van der Waals surface area contributed by atoms with Crippen LogP contribution in [0.1, 0.15) is 0 Å². The van der Waals surface area contributed by atoms with E-state index in [2.05, 4.69) is 82.8 Å². The third kappa shape index (κ3) is 1.91. The Morgan fingerprint density at radius 1 is 0.464 bits per heavy atom. The van der Waals surface area contributed by atoms with E-state index in [1.807, 2.05) is 23.5 Å². The summed E-state index contributed by atoms with van der Waals surface area (Å²) in [5.41, 5.74) is 4.83. The molecule has 2 N–H and O–H groups in total. The van der Waals surface area contributed by atoms with Gasteiger partial charge in [-0.3, -0.25) is 0 Å². The summed E-state index contributed by atoms with van der Waals surface area (Å²) in [6.45, 7) is 0. The highest BCUT2D eigenvalue weighted by Gasteiger charge is 2.24. The van der Waals surface area contributed by atoms with Gasteiger partial charge in [0.25, 0.3) is 0 Å². The molecule has 4 aromatic carbocycles. The van der Waals surface area contributed by atoms with Crippen molar-refractivity contribution in [3.05, 3.63) is 72.8 Å². The Kier molecular flexibility index (Phi) is 2.91. The Bertz CT molecular complexity index is 1450. The summed E-state index contributed by atoms with van der Waals surface area (Å²) < 4.78 is 0. The van der Waals surface area contributed by atoms with Crippen molar-refractivity contribution in [1.82, 2.24) is 9.97 Å². The van der Waals surface area contributed by atoms with E-state index in [0.29, 0.717) is 0 Å². The fourth-order valence-corrected chi connectivity index (χ4v) is 6.95. The third-order valence-corrected chi connectivity index (χ3v) is 8.23. The molecular formula is C24H14N2S2. The molecular weight excluding hydrogens is 380 g/mol. The maximum absolute atomic E-state index is 3.57. The van der Waals surface area contributed by atoms with Crippen LogP contribution in [0.3, 0.4) is 0 Å². The summed E-state index contributed by atoms with van der Waals surface area (Å²) in [5.74, 6) is 0. The van der Waals surface area contributed by atoms with Crippen LogP contribution in [0, 0.1) is 0 Å². The summed E-state index contributed by atoms with van der Waals surface area (Å²) in [6, 6.07) is 26.2. The lowest BCUT2D eigenvalue weighted by Gasteiger charge is -2.20. The number of para-hydroxylation sites is 2. The summed E-state index contributed by atoms with van der Waals surface area (Å²) in [7, 11) is 0. The molecule has 0 unspecified atom stereocenters. The number of aromatic nitrogens is 2. The van der Waals surface area contributed by atoms with E-state index in [4.69, 9.17) is 0 Å². The van der Waals surface area contributed by atoms with Crippen molar-refractivity contribution in [3.8, 4) is 0 Å². The van der Waals surface area contributed by atoms with Crippen LogP contribution < -0.4 is 0 Å². The van der Waals surface area contributed by atoms with Crippen LogP contribution in [0.15, 0.2) is 92.4 Å². The number of fused-ring (bicyclic) bond motifs is 10. The summed E-state index contributed by atoms with van der Waals surface area (Å²) in [5, 5.41) is 5.30. The summed E-state index contributed by atoms with van der Waals surface area (Å²) >= 11 is 3.81. The quantitative estimate of drug-likeness (QED) is 0.278. The molecule has 28 heavy (non-hydrogen) atoms. The lowest BCUT2D eigenvalue weighted by atomic mass is 10.1. The molecule has 2 nitrogen and oxygen atoms in total. The molecule has 1 aliphatic heterocycles. The van der Waals surface area contributed by atoms with Crippen molar-refractivity contribution in [3.63, 3.8) is 0 Å². The second-order valence-corrected chi connectivity index (χ2v) is 9.28. The van der Waals surface area contributed by atoms with Crippen molar-refractivity contribution < 1.29 is 0 Å². The fraction of sp³-hybridized carbons (Fsp3) is 0. The molecule has 4 heteroatoms. The first-order valence-corrected chi connectivity index (χ1v) is 10.9. The predicted octanol–water partition coefficient (Wildman–Crippen LogP) is 7.57. The normalized spacial score (nSPS) is 13.4. The Morgan fingerprint density at radius 2 is 0.929 bits per heavy atom. The van der Waals surface area contributed by atoms with Crippen LogP contribution in [-0.2, 0) is 0 Å². The third-order valence-electron chi connectivity index (χ3n) is 5.60. The van der Waals surface area contributed by atoms with Gasteiger partial charge in [0, 0.05) is 63.2 Å². The number of rotatable bonds is 0. The molecule has 0 fully saturated rings. The highest BCUT2D eigenvalue weighted by Crippen LogP contribution is 2.54. The number of benzene rings is 4. The molecule has 0 radical (unpaired) electrons. The highest BCUT2D eigenvalue weighted by atomic mass is 32.2. The molecule has 7 rings (SSSR count). The molecule has 0 saturated carbocycles. The molecule has 0 atom stereocenters. The van der Waals surface area contributed by atoms with Gasteiger partial charge in [0.2, 0.25) is 0 Å². The molecule has 0 spiro atoms. The molecule has 0 saturated heterocycles. The fourth-order valence-electron chi connectivity index (χ4n) is 4.36. The lowest BCUT2D eigenvalue weighted by molar-refractivity contribution is 1.21. The lowest BCUT2D eigenvalue weighted by Crippen LogP contribution is -1.91. The zero-order valence-corrected chi connectivity index (χ0v) is 16.4. The molecule has 1 aliphatic rings. The smallest absolute Gasteiger partial charge is 0.0477 e. The van der Waals surface area contributed by atoms with Gasteiger partial charge in [-0.25, -0.2) is 0 Å². The van der Waals surface area contributed by atoms with E-state index in [-0.39, 0.29) is 0 Å². The summed E-state index contributed by atoms with van der Waals surface area (Å²) in [4.78, 5) is 12.6. The maximum Gasteiger partial charge on any atom is 0.0477 e. The highest BCUT2D eigenvalue weighted by molar-refractivity contribution is 8.05. The van der Waals surface area contributed by atoms with Crippen LogP contribution >= 0.6 is 23.5 Å². The molecule has 132 valence electrons. The minimum Gasteiger partial charge on any atom is -0.354 e. The van der Waals surface area contributed by atoms with Gasteiger partial charge in [-0.15, -0.1) is 0 Å². The van der Waals surface area contributed by atoms with Crippen LogP contribution in [0.2, 0.25) is 0 Å². The van der Waals surface area contributed by atoms with Crippen LogP contribution in [0.25, 0.3) is 43.6 Å². The van der Waals surface area contributed by atoms with Crippen molar-refractivity contribution in [1.29, 1.82) is 0 Å². The van der Waals surface area contributed by atoms with Crippen LogP contribution in [-0.4, -0.2) is 9.97 Å². The molecule has 3 heterocycles. The van der Waals surface area contributed by atoms with E-state index in [1.54, 1.807) is 0 Å². The van der Waals surface area contributed by atoms with Crippen molar-refractivity contribution >= 4 is 67.1 Å². The van der Waals surface area contributed by atoms with Gasteiger partial charge >= 0.3 is 0 Å². The standard InChI is InChI=1S/C24H14N2S2/c1-3-7-15-13(5-1)21-17(25-15)9-11-19-23(21)27-20-12-10-18-22(24(20)28-19)14-6-2-4-8-16(14)26-18/h1-12,25-26H. The summed E-state index contributed by atoms with van der Waals surface area (Å²) in [6.07, 6.45) is 0. The topological polar surface area (TPSA) is 31.6 Å². The minimum absolute atomic E-state index is 1.20. The SMILES string of the molecule is c1ccc2c(c1)[nH]c1ccc3c(c12)Sc1ccc2[nH]c4ccccc4c2c1S3. The van der Waals surface area contributed by atoms with Gasteiger partial charge in [-0.1, -0.05) is 59.9 Å². The van der Waals surface area contributed by atoms with E-state index in [0.717, 1.165) is 0 Å². The average molecular weight is 395 g/mol. The number of hydrogen-bond donors (Lipinski definition) is 2. The van der Waals surface area contributed by atoms with E-state index < -0.39 is 0 Å². The number of nitrogens with one attached hydrogen (secondary N) is 2. The van der Waals surface area contributed by atoms with Gasteiger partial charge in [0.1, 0.15) is 0 Å². The van der Waals surface area contributed by atoms with Gasteiger partial charge < -0.3 is 9.97 Å². The zero-order chi connectivity index (χ0) is 18.2. The maximum atomic E-state index is 3.57. The Morgan fingerprint density at radius 3 is 1.43 bits per heavy atom. The Balaban J connectivity index is 1.54. The minimum atomic E-state index is 1.20. The van der Waals surface area contributed by atoms with Crippen molar-refractivity contribution in [2.24, 2.45) is 0 Å². The number of hydrogen-bond acceptors (Lipinski definition) is 2. The first-order valence-electron chi connectivity index (χ1n) is 9.29. The number of aromatic amines is 2. The largest absolute Gasteiger partial charge is 0.354 e. The molecule has 6 aromatic rings. The molecule has 2 aromatic heterocycles. The average Bonchev–Trinajstić information content (AvgIpc) is 3.30. The van der Waals surface area contributed by atoms with Crippen molar-refractivity contribution in [2.45, 2.75) is 19.6 Å². The molecule has 0 amide bonds. The van der Waals surface area contributed by atoms with Crippen LogP contribution in [0.4, 0.5) is 0 Å². The van der Waals surface area contributed by atoms with Crippen molar-refractivity contribution in [2.75, 3.05) is 0 Å².